The monoisotopic (exact) mass is 311 g/mol. The molecule has 1 aromatic carbocycles. The number of unbranched alkanes of at least 4 members (excludes halogenated alkanes) is 1. The van der Waals surface area contributed by atoms with Crippen LogP contribution in [0.2, 0.25) is 0 Å². The van der Waals surface area contributed by atoms with Gasteiger partial charge in [-0.15, -0.1) is 0 Å². The van der Waals surface area contributed by atoms with Crippen molar-refractivity contribution in [1.82, 2.24) is 5.32 Å². The van der Waals surface area contributed by atoms with Crippen molar-refractivity contribution >= 4 is 21.4 Å². The van der Waals surface area contributed by atoms with Gasteiger partial charge in [-0.3, -0.25) is 4.31 Å². The van der Waals surface area contributed by atoms with Crippen LogP contribution in [0.25, 0.3) is 0 Å². The predicted octanol–water partition coefficient (Wildman–Crippen LogP) is 1.66. The molecule has 5 nitrogen and oxygen atoms in total. The van der Waals surface area contributed by atoms with Crippen molar-refractivity contribution in [2.45, 2.75) is 19.8 Å². The van der Waals surface area contributed by atoms with Gasteiger partial charge in [-0.05, 0) is 18.6 Å². The minimum Gasteiger partial charge on any atom is -0.367 e. The molecular weight excluding hydrogens is 286 g/mol. The summed E-state index contributed by atoms with van der Waals surface area (Å²) in [5.74, 6) is 0. The number of rotatable bonds is 6. The lowest BCUT2D eigenvalue weighted by molar-refractivity contribution is 0.586. The quantitative estimate of drug-likeness (QED) is 0.868. The lowest BCUT2D eigenvalue weighted by atomic mass is 10.2. The number of anilines is 2. The summed E-state index contributed by atoms with van der Waals surface area (Å²) in [4.78, 5) is 2.26. The van der Waals surface area contributed by atoms with Gasteiger partial charge in [-0.2, -0.15) is 0 Å². The molecule has 1 aromatic rings. The Morgan fingerprint density at radius 3 is 2.52 bits per heavy atom. The Morgan fingerprint density at radius 1 is 1.24 bits per heavy atom. The van der Waals surface area contributed by atoms with Crippen LogP contribution in [0.3, 0.4) is 0 Å². The Hall–Kier alpha value is -1.27. The second kappa shape index (κ2) is 7.13. The molecule has 118 valence electrons. The van der Waals surface area contributed by atoms with Crippen LogP contribution in [-0.2, 0) is 10.0 Å². The first-order valence-electron chi connectivity index (χ1n) is 7.56. The second-order valence-corrected chi connectivity index (χ2v) is 7.32. The average Bonchev–Trinajstić information content (AvgIpc) is 2.48. The first-order chi connectivity index (χ1) is 10.0. The average molecular weight is 311 g/mol. The molecule has 0 amide bonds. The molecule has 0 bridgehead atoms. The van der Waals surface area contributed by atoms with Gasteiger partial charge in [-0.1, -0.05) is 25.5 Å². The minimum absolute atomic E-state index is 0.540. The normalized spacial score (nSPS) is 16.0. The van der Waals surface area contributed by atoms with Crippen molar-refractivity contribution < 1.29 is 8.42 Å². The number of hydrogen-bond donors (Lipinski definition) is 1. The minimum atomic E-state index is -3.26. The molecule has 1 aliphatic rings. The maximum Gasteiger partial charge on any atom is 0.232 e. The summed E-state index contributed by atoms with van der Waals surface area (Å²) < 4.78 is 25.9. The number of para-hydroxylation sites is 2. The van der Waals surface area contributed by atoms with Gasteiger partial charge in [0, 0.05) is 32.7 Å². The summed E-state index contributed by atoms with van der Waals surface area (Å²) in [7, 11) is -3.26. The topological polar surface area (TPSA) is 52.6 Å². The van der Waals surface area contributed by atoms with Crippen LogP contribution in [-0.4, -0.2) is 47.4 Å². The van der Waals surface area contributed by atoms with E-state index in [1.54, 1.807) is 4.31 Å². The number of sulfonamides is 1. The van der Waals surface area contributed by atoms with Crippen molar-refractivity contribution in [2.24, 2.45) is 0 Å². The van der Waals surface area contributed by atoms with E-state index in [-0.39, 0.29) is 0 Å². The summed E-state index contributed by atoms with van der Waals surface area (Å²) >= 11 is 0. The highest BCUT2D eigenvalue weighted by atomic mass is 32.2. The van der Waals surface area contributed by atoms with E-state index >= 15 is 0 Å². The van der Waals surface area contributed by atoms with Gasteiger partial charge in [0.15, 0.2) is 0 Å². The van der Waals surface area contributed by atoms with Crippen LogP contribution in [0, 0.1) is 0 Å². The van der Waals surface area contributed by atoms with Crippen molar-refractivity contribution in [3.8, 4) is 0 Å². The molecule has 1 heterocycles. The van der Waals surface area contributed by atoms with E-state index in [2.05, 4.69) is 17.1 Å². The third kappa shape index (κ3) is 4.11. The van der Waals surface area contributed by atoms with E-state index in [1.807, 2.05) is 24.3 Å². The van der Waals surface area contributed by atoms with E-state index in [0.29, 0.717) is 6.54 Å². The maximum atomic E-state index is 12.2. The van der Waals surface area contributed by atoms with Gasteiger partial charge in [-0.25, -0.2) is 8.42 Å². The smallest absolute Gasteiger partial charge is 0.232 e. The maximum absolute atomic E-state index is 12.2. The molecule has 0 spiro atoms. The van der Waals surface area contributed by atoms with E-state index < -0.39 is 10.0 Å². The summed E-state index contributed by atoms with van der Waals surface area (Å²) in [6, 6.07) is 7.81. The fraction of sp³-hybridized carbons (Fsp3) is 0.600. The molecule has 0 saturated carbocycles. The highest BCUT2D eigenvalue weighted by Gasteiger charge is 2.22. The third-order valence-electron chi connectivity index (χ3n) is 3.72. The molecule has 0 aliphatic carbocycles. The van der Waals surface area contributed by atoms with Crippen LogP contribution < -0.4 is 14.5 Å². The Balaban J connectivity index is 2.35. The summed E-state index contributed by atoms with van der Waals surface area (Å²) in [6.07, 6.45) is 3.13. The fourth-order valence-electron chi connectivity index (χ4n) is 2.61. The largest absolute Gasteiger partial charge is 0.367 e. The molecule has 0 unspecified atom stereocenters. The molecule has 1 aliphatic heterocycles. The van der Waals surface area contributed by atoms with Crippen molar-refractivity contribution in [3.05, 3.63) is 24.3 Å². The molecule has 21 heavy (non-hydrogen) atoms. The number of hydrogen-bond acceptors (Lipinski definition) is 4. The Kier molecular flexibility index (Phi) is 5.47. The van der Waals surface area contributed by atoms with E-state index in [4.69, 9.17) is 0 Å². The Labute approximate surface area is 128 Å². The van der Waals surface area contributed by atoms with Crippen LogP contribution in [0.4, 0.5) is 11.4 Å². The second-order valence-electron chi connectivity index (χ2n) is 5.41. The number of nitrogens with zero attached hydrogens (tertiary/aromatic N) is 2. The zero-order valence-electron chi connectivity index (χ0n) is 12.9. The molecule has 0 atom stereocenters. The SMILES string of the molecule is CCCCN(c1ccccc1N1CCNCC1)S(C)(=O)=O. The predicted molar refractivity (Wildman–Crippen MR) is 88.6 cm³/mol. The zero-order valence-corrected chi connectivity index (χ0v) is 13.7. The van der Waals surface area contributed by atoms with Crippen molar-refractivity contribution in [1.29, 1.82) is 0 Å². The third-order valence-corrected chi connectivity index (χ3v) is 4.90. The first-order valence-corrected chi connectivity index (χ1v) is 9.41. The molecular formula is C15H25N3O2S. The summed E-state index contributed by atoms with van der Waals surface area (Å²) in [5, 5.41) is 3.32. The first kappa shape index (κ1) is 16.1. The molecule has 6 heteroatoms. The molecule has 0 radical (unpaired) electrons. The summed E-state index contributed by atoms with van der Waals surface area (Å²) in [5.41, 5.74) is 1.82. The molecule has 2 rings (SSSR count). The van der Waals surface area contributed by atoms with Gasteiger partial charge >= 0.3 is 0 Å². The number of piperazine rings is 1. The number of nitrogens with one attached hydrogen (secondary N) is 1. The van der Waals surface area contributed by atoms with Crippen LogP contribution in [0.5, 0.6) is 0 Å². The number of benzene rings is 1. The van der Waals surface area contributed by atoms with Gasteiger partial charge in [0.25, 0.3) is 0 Å². The lowest BCUT2D eigenvalue weighted by Crippen LogP contribution is -2.44. The molecule has 0 aromatic heterocycles. The zero-order chi connectivity index (χ0) is 15.3. The Bertz CT molecular complexity index is 554. The highest BCUT2D eigenvalue weighted by molar-refractivity contribution is 7.92. The van der Waals surface area contributed by atoms with Crippen molar-refractivity contribution in [2.75, 3.05) is 48.2 Å². The van der Waals surface area contributed by atoms with Gasteiger partial charge in [0.1, 0.15) is 0 Å². The highest BCUT2D eigenvalue weighted by Crippen LogP contribution is 2.31. The lowest BCUT2D eigenvalue weighted by Gasteiger charge is -2.34. The van der Waals surface area contributed by atoms with Crippen LogP contribution in [0.1, 0.15) is 19.8 Å². The van der Waals surface area contributed by atoms with E-state index in [9.17, 15) is 8.42 Å². The van der Waals surface area contributed by atoms with Crippen LogP contribution >= 0.6 is 0 Å². The fourth-order valence-corrected chi connectivity index (χ4v) is 3.59. The molecule has 1 N–H and O–H groups in total. The van der Waals surface area contributed by atoms with Gasteiger partial charge in [0.05, 0.1) is 17.6 Å². The Morgan fingerprint density at radius 2 is 1.90 bits per heavy atom. The molecule has 1 saturated heterocycles. The summed E-state index contributed by atoms with van der Waals surface area (Å²) in [6.45, 7) is 6.29. The van der Waals surface area contributed by atoms with Crippen molar-refractivity contribution in [3.63, 3.8) is 0 Å². The van der Waals surface area contributed by atoms with Gasteiger partial charge in [0.2, 0.25) is 10.0 Å². The molecule has 1 fully saturated rings. The van der Waals surface area contributed by atoms with E-state index in [0.717, 1.165) is 50.4 Å². The standard InChI is InChI=1S/C15H25N3O2S/c1-3-4-11-18(21(2,19)20)15-8-6-5-7-14(15)17-12-9-16-10-13-17/h5-8,16H,3-4,9-13H2,1-2H3. The van der Waals surface area contributed by atoms with Gasteiger partial charge < -0.3 is 10.2 Å². The van der Waals surface area contributed by atoms with Crippen LogP contribution in [0.15, 0.2) is 24.3 Å². The van der Waals surface area contributed by atoms with E-state index in [1.165, 1.54) is 6.26 Å².